The van der Waals surface area contributed by atoms with E-state index in [1.807, 2.05) is 6.92 Å². The zero-order valence-electron chi connectivity index (χ0n) is 14.8. The fourth-order valence-electron chi connectivity index (χ4n) is 2.93. The van der Waals surface area contributed by atoms with Gasteiger partial charge in [0.1, 0.15) is 0 Å². The third kappa shape index (κ3) is 4.02. The standard InChI is InChI=1S/C16H20FN3O7/c1-3-4-5-6-24-15(22)19-12-9(17)7-20(14(21)18-12)13-11-10(8(2)25-13)26-16(23)27-11/h7-8,10-11,13H,3-6H2,1-2H3,(H,18,19,21,22)/t8-,10?,11+,13-/m1/s1. The van der Waals surface area contributed by atoms with Crippen molar-refractivity contribution in [3.63, 3.8) is 0 Å². The molecule has 2 aliphatic rings. The summed E-state index contributed by atoms with van der Waals surface area (Å²) in [5, 5.41) is 2.10. The van der Waals surface area contributed by atoms with Gasteiger partial charge in [0, 0.05) is 0 Å². The van der Waals surface area contributed by atoms with Gasteiger partial charge >= 0.3 is 17.9 Å². The Bertz CT molecular complexity index is 784. The summed E-state index contributed by atoms with van der Waals surface area (Å²) in [6.07, 6.45) is -1.64. The Morgan fingerprint density at radius 3 is 2.81 bits per heavy atom. The second kappa shape index (κ2) is 7.91. The lowest BCUT2D eigenvalue weighted by Crippen LogP contribution is -2.35. The van der Waals surface area contributed by atoms with E-state index in [-0.39, 0.29) is 6.61 Å². The molecule has 148 valence electrons. The van der Waals surface area contributed by atoms with Crippen LogP contribution in [0.2, 0.25) is 0 Å². The first-order valence-corrected chi connectivity index (χ1v) is 8.66. The normalized spacial score (nSPS) is 26.3. The molecule has 1 aromatic heterocycles. The number of hydrogen-bond donors (Lipinski definition) is 1. The van der Waals surface area contributed by atoms with Gasteiger partial charge in [-0.15, -0.1) is 0 Å². The van der Waals surface area contributed by atoms with E-state index in [2.05, 4.69) is 10.3 Å². The second-order valence-corrected chi connectivity index (χ2v) is 6.24. The molecular formula is C16H20FN3O7. The molecule has 0 radical (unpaired) electrons. The molecule has 10 nitrogen and oxygen atoms in total. The highest BCUT2D eigenvalue weighted by Gasteiger charge is 2.53. The maximum atomic E-state index is 14.3. The number of nitrogens with zero attached hydrogens (tertiary/aromatic N) is 2. The van der Waals surface area contributed by atoms with Crippen LogP contribution in [-0.2, 0) is 18.9 Å². The van der Waals surface area contributed by atoms with E-state index in [1.165, 1.54) is 0 Å². The van der Waals surface area contributed by atoms with E-state index < -0.39 is 54.1 Å². The highest BCUT2D eigenvalue weighted by atomic mass is 19.1. The number of nitrogens with one attached hydrogen (secondary N) is 1. The number of aromatic nitrogens is 2. The van der Waals surface area contributed by atoms with Crippen LogP contribution >= 0.6 is 0 Å². The molecule has 0 aliphatic carbocycles. The van der Waals surface area contributed by atoms with Gasteiger partial charge in [0.05, 0.1) is 18.9 Å². The molecule has 2 fully saturated rings. The molecule has 3 rings (SSSR count). The van der Waals surface area contributed by atoms with Crippen molar-refractivity contribution >= 4 is 18.1 Å². The predicted molar refractivity (Wildman–Crippen MR) is 87.7 cm³/mol. The van der Waals surface area contributed by atoms with Gasteiger partial charge in [0.2, 0.25) is 0 Å². The molecule has 0 spiro atoms. The smallest absolute Gasteiger partial charge is 0.449 e. The van der Waals surface area contributed by atoms with Crippen LogP contribution < -0.4 is 11.0 Å². The summed E-state index contributed by atoms with van der Waals surface area (Å²) in [4.78, 5) is 38.7. The Morgan fingerprint density at radius 1 is 1.33 bits per heavy atom. The summed E-state index contributed by atoms with van der Waals surface area (Å²) in [5.74, 6) is -1.52. The summed E-state index contributed by atoms with van der Waals surface area (Å²) in [5.41, 5.74) is -0.890. The first-order valence-electron chi connectivity index (χ1n) is 8.66. The van der Waals surface area contributed by atoms with Crippen molar-refractivity contribution in [1.82, 2.24) is 9.55 Å². The van der Waals surface area contributed by atoms with Crippen molar-refractivity contribution in [2.75, 3.05) is 11.9 Å². The molecule has 27 heavy (non-hydrogen) atoms. The number of rotatable bonds is 6. The third-order valence-electron chi connectivity index (χ3n) is 4.27. The van der Waals surface area contributed by atoms with Gasteiger partial charge in [0.15, 0.2) is 30.1 Å². The topological polar surface area (TPSA) is 118 Å². The van der Waals surface area contributed by atoms with Crippen LogP contribution in [0.4, 0.5) is 19.8 Å². The maximum absolute atomic E-state index is 14.3. The van der Waals surface area contributed by atoms with Crippen LogP contribution in [0.1, 0.15) is 39.3 Å². The number of fused-ring (bicyclic) bond motifs is 1. The Kier molecular flexibility index (Phi) is 5.59. The zero-order valence-corrected chi connectivity index (χ0v) is 14.8. The van der Waals surface area contributed by atoms with Gasteiger partial charge in [-0.25, -0.2) is 18.8 Å². The Labute approximate surface area is 153 Å². The maximum Gasteiger partial charge on any atom is 0.509 e. The number of carbonyl (C=O) groups excluding carboxylic acids is 2. The molecule has 0 bridgehead atoms. The predicted octanol–water partition coefficient (Wildman–Crippen LogP) is 1.94. The van der Waals surface area contributed by atoms with Crippen LogP contribution in [0.5, 0.6) is 0 Å². The van der Waals surface area contributed by atoms with Crippen molar-refractivity contribution in [3.8, 4) is 0 Å². The van der Waals surface area contributed by atoms with Crippen LogP contribution in [0.25, 0.3) is 0 Å². The monoisotopic (exact) mass is 385 g/mol. The molecule has 1 amide bonds. The minimum atomic E-state index is -1.08. The van der Waals surface area contributed by atoms with E-state index in [9.17, 15) is 18.8 Å². The van der Waals surface area contributed by atoms with E-state index >= 15 is 0 Å². The van der Waals surface area contributed by atoms with Crippen LogP contribution in [0, 0.1) is 5.82 Å². The summed E-state index contributed by atoms with van der Waals surface area (Å²) in [6.45, 7) is 3.82. The van der Waals surface area contributed by atoms with Gasteiger partial charge < -0.3 is 18.9 Å². The largest absolute Gasteiger partial charge is 0.509 e. The van der Waals surface area contributed by atoms with Crippen LogP contribution in [0.3, 0.4) is 0 Å². The number of anilines is 1. The van der Waals surface area contributed by atoms with Gasteiger partial charge in [-0.3, -0.25) is 9.88 Å². The van der Waals surface area contributed by atoms with Gasteiger partial charge in [-0.05, 0) is 13.3 Å². The fourth-order valence-corrected chi connectivity index (χ4v) is 2.93. The number of carbonyl (C=O) groups is 2. The van der Waals surface area contributed by atoms with Crippen LogP contribution in [0.15, 0.2) is 11.0 Å². The Morgan fingerprint density at radius 2 is 2.07 bits per heavy atom. The fraction of sp³-hybridized carbons (Fsp3) is 0.625. The van der Waals surface area contributed by atoms with E-state index in [1.54, 1.807) is 6.92 Å². The molecule has 2 aliphatic heterocycles. The highest BCUT2D eigenvalue weighted by molar-refractivity contribution is 5.83. The van der Waals surface area contributed by atoms with Crippen molar-refractivity contribution in [1.29, 1.82) is 0 Å². The second-order valence-electron chi connectivity index (χ2n) is 6.24. The lowest BCUT2D eigenvalue weighted by Gasteiger charge is -2.18. The average molecular weight is 385 g/mol. The molecule has 11 heteroatoms. The average Bonchev–Trinajstić information content (AvgIpc) is 3.13. The van der Waals surface area contributed by atoms with Crippen molar-refractivity contribution in [2.45, 2.75) is 57.6 Å². The number of unbranched alkanes of at least 4 members (excludes halogenated alkanes) is 2. The first kappa shape index (κ1) is 19.1. The van der Waals surface area contributed by atoms with Crippen molar-refractivity contribution in [2.24, 2.45) is 0 Å². The van der Waals surface area contributed by atoms with Gasteiger partial charge in [-0.2, -0.15) is 4.98 Å². The number of amides is 1. The summed E-state index contributed by atoms with van der Waals surface area (Å²) >= 11 is 0. The van der Waals surface area contributed by atoms with Gasteiger partial charge in [-0.1, -0.05) is 19.8 Å². The summed E-state index contributed by atoms with van der Waals surface area (Å²) in [6, 6.07) is 0. The summed E-state index contributed by atoms with van der Waals surface area (Å²) < 4.78 is 35.6. The lowest BCUT2D eigenvalue weighted by atomic mass is 10.1. The molecule has 1 unspecified atom stereocenters. The third-order valence-corrected chi connectivity index (χ3v) is 4.27. The highest BCUT2D eigenvalue weighted by Crippen LogP contribution is 2.37. The minimum Gasteiger partial charge on any atom is -0.449 e. The minimum absolute atomic E-state index is 0.181. The van der Waals surface area contributed by atoms with Gasteiger partial charge in [0.25, 0.3) is 0 Å². The van der Waals surface area contributed by atoms with Crippen LogP contribution in [-0.4, -0.2) is 46.7 Å². The Balaban J connectivity index is 1.71. The number of hydrogen-bond acceptors (Lipinski definition) is 8. The molecule has 2 saturated heterocycles. The molecule has 1 aromatic rings. The molecule has 3 heterocycles. The first-order chi connectivity index (χ1) is 12.9. The summed E-state index contributed by atoms with van der Waals surface area (Å²) in [7, 11) is 0. The number of halogens is 1. The Hall–Kier alpha value is -2.69. The van der Waals surface area contributed by atoms with E-state index in [0.29, 0.717) is 6.42 Å². The number of ether oxygens (including phenoxy) is 4. The molecule has 4 atom stereocenters. The van der Waals surface area contributed by atoms with Crippen molar-refractivity contribution in [3.05, 3.63) is 22.5 Å². The van der Waals surface area contributed by atoms with Crippen molar-refractivity contribution < 1.29 is 32.9 Å². The lowest BCUT2D eigenvalue weighted by molar-refractivity contribution is -0.0524. The molecule has 0 aromatic carbocycles. The molecular weight excluding hydrogens is 365 g/mol. The SMILES string of the molecule is CCCCCOC(=O)Nc1nc(=O)n([C@@H]2O[C@H](C)C3OC(=O)O[C@@H]32)cc1F. The zero-order chi connectivity index (χ0) is 19.6. The van der Waals surface area contributed by atoms with E-state index in [4.69, 9.17) is 18.9 Å². The molecule has 0 saturated carbocycles. The van der Waals surface area contributed by atoms with E-state index in [0.717, 1.165) is 23.6 Å². The quantitative estimate of drug-likeness (QED) is 0.583. The molecule has 1 N–H and O–H groups in total.